The lowest BCUT2D eigenvalue weighted by Gasteiger charge is -2.21. The maximum absolute atomic E-state index is 6.69. The van der Waals surface area contributed by atoms with Gasteiger partial charge in [-0.15, -0.1) is 0 Å². The Balaban J connectivity index is 1.52. The van der Waals surface area contributed by atoms with Gasteiger partial charge in [0.05, 0.1) is 5.52 Å². The number of nitrogens with zero attached hydrogens (tertiary/aromatic N) is 2. The number of rotatable bonds is 7. The molecule has 5 nitrogen and oxygen atoms in total. The van der Waals surface area contributed by atoms with Crippen molar-refractivity contribution >= 4 is 11.0 Å². The van der Waals surface area contributed by atoms with Crippen molar-refractivity contribution in [1.82, 2.24) is 9.55 Å². The number of pyridine rings is 1. The van der Waals surface area contributed by atoms with Gasteiger partial charge in [0.15, 0.2) is 11.9 Å². The quantitative estimate of drug-likeness (QED) is 0.289. The standard InChI is InChI=1S/C31H34N2O3/c1-21-22(2)33(18-24-11-13-25(14-12-24)31(3,4)5)30-26(15-16-32-29(21)30)36-27(28-19-34-20-35-28)17-23-9-7-6-8-10-23/h6-16,19,27H,17-18,20H2,1-5H3. The van der Waals surface area contributed by atoms with Gasteiger partial charge in [0.25, 0.3) is 0 Å². The highest BCUT2D eigenvalue weighted by Gasteiger charge is 2.25. The summed E-state index contributed by atoms with van der Waals surface area (Å²) < 4.78 is 20.1. The van der Waals surface area contributed by atoms with Gasteiger partial charge in [-0.25, -0.2) is 0 Å². The molecule has 3 heterocycles. The maximum atomic E-state index is 6.69. The Morgan fingerprint density at radius 3 is 2.39 bits per heavy atom. The molecular formula is C31H34N2O3. The van der Waals surface area contributed by atoms with E-state index in [0.29, 0.717) is 12.2 Å². The lowest BCUT2D eigenvalue weighted by molar-refractivity contribution is 0.0559. The fraction of sp³-hybridized carbons (Fsp3) is 0.323. The SMILES string of the molecule is Cc1c(C)n(Cc2ccc(C(C)(C)C)cc2)c2c(OC(Cc3ccccc3)C3=COCO3)ccnc12. The van der Waals surface area contributed by atoms with Crippen LogP contribution < -0.4 is 4.74 Å². The van der Waals surface area contributed by atoms with Crippen LogP contribution in [0.4, 0.5) is 0 Å². The molecular weight excluding hydrogens is 448 g/mol. The summed E-state index contributed by atoms with van der Waals surface area (Å²) in [6, 6.07) is 21.2. The zero-order valence-electron chi connectivity index (χ0n) is 21.7. The second-order valence-corrected chi connectivity index (χ2v) is 10.5. The molecule has 0 bridgehead atoms. The Bertz CT molecular complexity index is 1380. The molecule has 2 aromatic carbocycles. The third kappa shape index (κ3) is 4.83. The van der Waals surface area contributed by atoms with E-state index < -0.39 is 0 Å². The third-order valence-corrected chi connectivity index (χ3v) is 6.96. The van der Waals surface area contributed by atoms with Gasteiger partial charge in [-0.3, -0.25) is 4.98 Å². The topological polar surface area (TPSA) is 45.5 Å². The van der Waals surface area contributed by atoms with Crippen molar-refractivity contribution in [3.63, 3.8) is 0 Å². The summed E-state index contributed by atoms with van der Waals surface area (Å²) in [6.07, 6.45) is 3.85. The number of fused-ring (bicyclic) bond motifs is 1. The van der Waals surface area contributed by atoms with Crippen molar-refractivity contribution in [3.05, 3.63) is 107 Å². The Kier molecular flexibility index (Phi) is 6.48. The molecule has 0 fully saturated rings. The largest absolute Gasteiger partial charge is 0.480 e. The van der Waals surface area contributed by atoms with Crippen LogP contribution in [0.15, 0.2) is 78.9 Å². The van der Waals surface area contributed by atoms with Gasteiger partial charge in [0.2, 0.25) is 6.79 Å². The van der Waals surface area contributed by atoms with E-state index in [2.05, 4.69) is 75.6 Å². The Morgan fingerprint density at radius 1 is 0.972 bits per heavy atom. The lowest BCUT2D eigenvalue weighted by atomic mass is 9.87. The molecule has 5 rings (SSSR count). The second-order valence-electron chi connectivity index (χ2n) is 10.5. The highest BCUT2D eigenvalue weighted by atomic mass is 16.7. The van der Waals surface area contributed by atoms with Crippen LogP contribution in [-0.4, -0.2) is 22.4 Å². The first-order valence-electron chi connectivity index (χ1n) is 12.5. The second kappa shape index (κ2) is 9.73. The van der Waals surface area contributed by atoms with Crippen molar-refractivity contribution in [3.8, 4) is 5.75 Å². The summed E-state index contributed by atoms with van der Waals surface area (Å²) in [4.78, 5) is 4.73. The van der Waals surface area contributed by atoms with Crippen LogP contribution >= 0.6 is 0 Å². The van der Waals surface area contributed by atoms with Crippen LogP contribution in [0.25, 0.3) is 11.0 Å². The van der Waals surface area contributed by atoms with Gasteiger partial charge in [-0.1, -0.05) is 75.4 Å². The molecule has 0 saturated heterocycles. The third-order valence-electron chi connectivity index (χ3n) is 6.96. The molecule has 0 amide bonds. The molecule has 1 aliphatic heterocycles. The van der Waals surface area contributed by atoms with E-state index in [1.807, 2.05) is 30.5 Å². The first kappa shape index (κ1) is 24.0. The van der Waals surface area contributed by atoms with E-state index in [1.54, 1.807) is 6.26 Å². The van der Waals surface area contributed by atoms with Crippen LogP contribution in [0.3, 0.4) is 0 Å². The average molecular weight is 483 g/mol. The fourth-order valence-electron chi connectivity index (χ4n) is 4.70. The fourth-order valence-corrected chi connectivity index (χ4v) is 4.70. The molecule has 5 heteroatoms. The number of ether oxygens (including phenoxy) is 3. The highest BCUT2D eigenvalue weighted by molar-refractivity contribution is 5.86. The zero-order valence-corrected chi connectivity index (χ0v) is 21.7. The summed E-state index contributed by atoms with van der Waals surface area (Å²) in [5.41, 5.74) is 8.20. The number of aromatic nitrogens is 2. The van der Waals surface area contributed by atoms with Crippen molar-refractivity contribution in [1.29, 1.82) is 0 Å². The van der Waals surface area contributed by atoms with E-state index >= 15 is 0 Å². The van der Waals surface area contributed by atoms with Gasteiger partial charge in [0, 0.05) is 30.9 Å². The summed E-state index contributed by atoms with van der Waals surface area (Å²) in [5, 5.41) is 0. The maximum Gasteiger partial charge on any atom is 0.230 e. The van der Waals surface area contributed by atoms with Crippen molar-refractivity contribution < 1.29 is 14.2 Å². The van der Waals surface area contributed by atoms with Crippen LogP contribution in [0, 0.1) is 13.8 Å². The Labute approximate surface area is 213 Å². The van der Waals surface area contributed by atoms with Crippen molar-refractivity contribution in [2.45, 2.75) is 59.1 Å². The monoisotopic (exact) mass is 482 g/mol. The predicted octanol–water partition coefficient (Wildman–Crippen LogP) is 6.83. The van der Waals surface area contributed by atoms with Crippen LogP contribution in [0.5, 0.6) is 5.75 Å². The van der Waals surface area contributed by atoms with E-state index in [1.165, 1.54) is 27.9 Å². The van der Waals surface area contributed by atoms with Gasteiger partial charge < -0.3 is 18.8 Å². The molecule has 1 unspecified atom stereocenters. The van der Waals surface area contributed by atoms with E-state index in [4.69, 9.17) is 19.2 Å². The number of hydrogen-bond acceptors (Lipinski definition) is 4. The number of hydrogen-bond donors (Lipinski definition) is 0. The molecule has 0 saturated carbocycles. The lowest BCUT2D eigenvalue weighted by Crippen LogP contribution is -2.23. The van der Waals surface area contributed by atoms with Gasteiger partial charge in [0.1, 0.15) is 17.5 Å². The number of aryl methyl sites for hydroxylation is 1. The minimum atomic E-state index is -0.310. The minimum Gasteiger partial charge on any atom is -0.480 e. The molecule has 1 atom stereocenters. The molecule has 2 aromatic heterocycles. The first-order valence-corrected chi connectivity index (χ1v) is 12.5. The van der Waals surface area contributed by atoms with Crippen LogP contribution in [0.2, 0.25) is 0 Å². The van der Waals surface area contributed by atoms with Crippen LogP contribution in [0.1, 0.15) is 48.7 Å². The predicted molar refractivity (Wildman–Crippen MR) is 143 cm³/mol. The number of benzene rings is 2. The van der Waals surface area contributed by atoms with Gasteiger partial charge >= 0.3 is 0 Å². The average Bonchev–Trinajstić information content (AvgIpc) is 3.49. The van der Waals surface area contributed by atoms with Crippen LogP contribution in [-0.2, 0) is 27.9 Å². The minimum absolute atomic E-state index is 0.130. The van der Waals surface area contributed by atoms with E-state index in [0.717, 1.165) is 23.3 Å². The molecule has 0 spiro atoms. The molecule has 0 N–H and O–H groups in total. The summed E-state index contributed by atoms with van der Waals surface area (Å²) in [6.45, 7) is 12.0. The first-order chi connectivity index (χ1) is 17.3. The van der Waals surface area contributed by atoms with Crippen molar-refractivity contribution in [2.24, 2.45) is 0 Å². The molecule has 0 aliphatic carbocycles. The molecule has 4 aromatic rings. The Hall–Kier alpha value is -3.73. The highest BCUT2D eigenvalue weighted by Crippen LogP contribution is 2.34. The van der Waals surface area contributed by atoms with E-state index in [9.17, 15) is 0 Å². The summed E-state index contributed by atoms with van der Waals surface area (Å²) >= 11 is 0. The van der Waals surface area contributed by atoms with Gasteiger partial charge in [-0.2, -0.15) is 0 Å². The zero-order chi connectivity index (χ0) is 25.3. The summed E-state index contributed by atoms with van der Waals surface area (Å²) in [5.74, 6) is 1.49. The Morgan fingerprint density at radius 2 is 1.72 bits per heavy atom. The van der Waals surface area contributed by atoms with Crippen molar-refractivity contribution in [2.75, 3.05) is 6.79 Å². The molecule has 1 aliphatic rings. The molecule has 36 heavy (non-hydrogen) atoms. The van der Waals surface area contributed by atoms with E-state index in [-0.39, 0.29) is 18.3 Å². The summed E-state index contributed by atoms with van der Waals surface area (Å²) in [7, 11) is 0. The normalized spacial score (nSPS) is 14.3. The molecule has 0 radical (unpaired) electrons. The molecule has 186 valence electrons. The van der Waals surface area contributed by atoms with Gasteiger partial charge in [-0.05, 0) is 41.5 Å². The smallest absolute Gasteiger partial charge is 0.230 e.